The first-order valence-corrected chi connectivity index (χ1v) is 12.6. The van der Waals surface area contributed by atoms with E-state index in [0.717, 1.165) is 32.5 Å². The van der Waals surface area contributed by atoms with E-state index in [1.165, 1.54) is 0 Å². The van der Waals surface area contributed by atoms with Gasteiger partial charge in [0, 0.05) is 41.5 Å². The van der Waals surface area contributed by atoms with E-state index in [9.17, 15) is 0 Å². The van der Waals surface area contributed by atoms with Gasteiger partial charge in [0.2, 0.25) is 0 Å². The van der Waals surface area contributed by atoms with Crippen molar-refractivity contribution in [2.75, 3.05) is 19.7 Å². The van der Waals surface area contributed by atoms with E-state index in [4.69, 9.17) is 9.73 Å². The highest BCUT2D eigenvalue weighted by molar-refractivity contribution is 5.60. The molecule has 0 bridgehead atoms. The lowest BCUT2D eigenvalue weighted by molar-refractivity contribution is -0.0509. The van der Waals surface area contributed by atoms with E-state index >= 15 is 0 Å². The van der Waals surface area contributed by atoms with E-state index in [-0.39, 0.29) is 33.3 Å². The molecule has 0 atom stereocenters. The highest BCUT2D eigenvalue weighted by Gasteiger charge is 2.36. The Morgan fingerprint density at radius 2 is 1.06 bits per heavy atom. The highest BCUT2D eigenvalue weighted by atomic mass is 16.5. The SMILES string of the molecule is CC(C)(CCC(C)(C)N(CCOC(C)(C)C)C(C)(C)C)/N=C/CN(C(C)(C)C)C(C)(C)C. The molecule has 0 aromatic carbocycles. The first kappa shape index (κ1) is 31.6. The number of hydrogen-bond acceptors (Lipinski definition) is 4. The van der Waals surface area contributed by atoms with Crippen LogP contribution in [0.4, 0.5) is 0 Å². The molecule has 4 heteroatoms. The molecule has 0 aliphatic rings. The molecule has 0 fully saturated rings. The predicted octanol–water partition coefficient (Wildman–Crippen LogP) is 7.21. The summed E-state index contributed by atoms with van der Waals surface area (Å²) in [6, 6.07) is 0. The van der Waals surface area contributed by atoms with Crippen LogP contribution < -0.4 is 0 Å². The van der Waals surface area contributed by atoms with Crippen LogP contribution in [0.5, 0.6) is 0 Å². The maximum absolute atomic E-state index is 6.06. The molecule has 0 rings (SSSR count). The van der Waals surface area contributed by atoms with Gasteiger partial charge in [-0.3, -0.25) is 14.8 Å². The van der Waals surface area contributed by atoms with Crippen LogP contribution in [0, 0.1) is 0 Å². The van der Waals surface area contributed by atoms with Crippen LogP contribution in [0.1, 0.15) is 124 Å². The van der Waals surface area contributed by atoms with Gasteiger partial charge in [0.1, 0.15) is 0 Å². The fourth-order valence-corrected chi connectivity index (χ4v) is 4.72. The van der Waals surface area contributed by atoms with Crippen molar-refractivity contribution in [3.63, 3.8) is 0 Å². The Morgan fingerprint density at radius 1 is 0.625 bits per heavy atom. The summed E-state index contributed by atoms with van der Waals surface area (Å²) in [6.07, 6.45) is 4.28. The summed E-state index contributed by atoms with van der Waals surface area (Å²) < 4.78 is 6.06. The summed E-state index contributed by atoms with van der Waals surface area (Å²) >= 11 is 0. The summed E-state index contributed by atoms with van der Waals surface area (Å²) in [5.41, 5.74) is 0.188. The molecule has 0 N–H and O–H groups in total. The van der Waals surface area contributed by atoms with E-state index in [1.54, 1.807) is 0 Å². The molecule has 4 nitrogen and oxygen atoms in total. The average molecular weight is 454 g/mol. The topological polar surface area (TPSA) is 28.1 Å². The van der Waals surface area contributed by atoms with Crippen LogP contribution in [0.25, 0.3) is 0 Å². The molecule has 0 unspecified atom stereocenters. The quantitative estimate of drug-likeness (QED) is 0.327. The van der Waals surface area contributed by atoms with Crippen LogP contribution in [0.15, 0.2) is 4.99 Å². The molecular weight excluding hydrogens is 394 g/mol. The van der Waals surface area contributed by atoms with E-state index in [1.807, 2.05) is 0 Å². The fraction of sp³-hybridized carbons (Fsp3) is 0.964. The Labute approximate surface area is 202 Å². The summed E-state index contributed by atoms with van der Waals surface area (Å²) in [7, 11) is 0. The number of aliphatic imine (C=N–C) groups is 1. The maximum atomic E-state index is 6.06. The Balaban J connectivity index is 5.21. The summed E-state index contributed by atoms with van der Waals surface area (Å²) in [4.78, 5) is 10.1. The van der Waals surface area contributed by atoms with Crippen molar-refractivity contribution in [3.05, 3.63) is 0 Å². The predicted molar refractivity (Wildman–Crippen MR) is 144 cm³/mol. The highest BCUT2D eigenvalue weighted by Crippen LogP contribution is 2.32. The van der Waals surface area contributed by atoms with E-state index < -0.39 is 0 Å². The summed E-state index contributed by atoms with van der Waals surface area (Å²) in [6.45, 7) is 38.8. The van der Waals surface area contributed by atoms with Crippen molar-refractivity contribution in [2.45, 2.75) is 157 Å². The van der Waals surface area contributed by atoms with Crippen molar-refractivity contribution in [1.82, 2.24) is 9.80 Å². The second-order valence-corrected chi connectivity index (χ2v) is 14.7. The lowest BCUT2D eigenvalue weighted by atomic mass is 9.85. The molecule has 0 heterocycles. The third-order valence-electron chi connectivity index (χ3n) is 6.06. The molecule has 0 saturated heterocycles. The van der Waals surface area contributed by atoms with Crippen molar-refractivity contribution >= 4 is 6.21 Å². The zero-order valence-electron chi connectivity index (χ0n) is 24.9. The minimum Gasteiger partial charge on any atom is -0.375 e. The minimum atomic E-state index is -0.0988. The van der Waals surface area contributed by atoms with Crippen LogP contribution in [0.2, 0.25) is 0 Å². The van der Waals surface area contributed by atoms with Crippen molar-refractivity contribution < 1.29 is 4.74 Å². The standard InChI is InChI=1S/C28H59N3O/c1-23(2,3)30(24(4,5)6)20-19-29-27(13,14)17-18-28(15,16)31(25(7,8)9)21-22-32-26(10,11)12/h19H,17-18,20-22H2,1-16H3/b29-19+. The Morgan fingerprint density at radius 3 is 1.44 bits per heavy atom. The van der Waals surface area contributed by atoms with Gasteiger partial charge in [-0.2, -0.15) is 0 Å². The second-order valence-electron chi connectivity index (χ2n) is 14.7. The number of ether oxygens (including phenoxy) is 1. The van der Waals surface area contributed by atoms with Gasteiger partial charge in [-0.25, -0.2) is 0 Å². The monoisotopic (exact) mass is 453 g/mol. The summed E-state index contributed by atoms with van der Waals surface area (Å²) in [5.74, 6) is 0. The molecule has 192 valence electrons. The van der Waals surface area contributed by atoms with Crippen molar-refractivity contribution in [2.24, 2.45) is 4.99 Å². The molecule has 0 radical (unpaired) electrons. The average Bonchev–Trinajstić information content (AvgIpc) is 2.49. The minimum absolute atomic E-state index is 0.0646. The summed E-state index contributed by atoms with van der Waals surface area (Å²) in [5, 5.41) is 0. The zero-order valence-corrected chi connectivity index (χ0v) is 24.9. The smallest absolute Gasteiger partial charge is 0.0601 e. The van der Waals surface area contributed by atoms with Gasteiger partial charge in [-0.05, 0) is 124 Å². The van der Waals surface area contributed by atoms with E-state index in [2.05, 4.69) is 127 Å². The number of hydrogen-bond donors (Lipinski definition) is 0. The lowest BCUT2D eigenvalue weighted by Gasteiger charge is -2.48. The van der Waals surface area contributed by atoms with Crippen LogP contribution in [-0.2, 0) is 4.74 Å². The molecule has 0 amide bonds. The molecule has 0 aliphatic carbocycles. The van der Waals surface area contributed by atoms with Gasteiger partial charge in [0.25, 0.3) is 0 Å². The van der Waals surface area contributed by atoms with Crippen LogP contribution in [0.3, 0.4) is 0 Å². The molecule has 0 aromatic heterocycles. The normalized spacial score (nSPS) is 15.4. The van der Waals surface area contributed by atoms with Gasteiger partial charge >= 0.3 is 0 Å². The third kappa shape index (κ3) is 12.1. The van der Waals surface area contributed by atoms with Gasteiger partial charge in [0.05, 0.1) is 17.7 Å². The largest absolute Gasteiger partial charge is 0.375 e. The Hall–Kier alpha value is -0.450. The zero-order chi connectivity index (χ0) is 25.8. The maximum Gasteiger partial charge on any atom is 0.0601 e. The molecule has 0 aliphatic heterocycles. The number of rotatable bonds is 10. The fourth-order valence-electron chi connectivity index (χ4n) is 4.72. The lowest BCUT2D eigenvalue weighted by Crippen LogP contribution is -2.56. The molecule has 0 spiro atoms. The molecular formula is C28H59N3O. The second kappa shape index (κ2) is 10.9. The van der Waals surface area contributed by atoms with Crippen LogP contribution >= 0.6 is 0 Å². The van der Waals surface area contributed by atoms with Gasteiger partial charge in [0.15, 0.2) is 0 Å². The van der Waals surface area contributed by atoms with Crippen molar-refractivity contribution in [1.29, 1.82) is 0 Å². The Bertz CT molecular complexity index is 564. The van der Waals surface area contributed by atoms with Gasteiger partial charge in [-0.1, -0.05) is 0 Å². The molecule has 32 heavy (non-hydrogen) atoms. The van der Waals surface area contributed by atoms with Gasteiger partial charge < -0.3 is 4.74 Å². The first-order valence-electron chi connectivity index (χ1n) is 12.6. The van der Waals surface area contributed by atoms with Gasteiger partial charge in [-0.15, -0.1) is 0 Å². The van der Waals surface area contributed by atoms with Crippen LogP contribution in [-0.4, -0.2) is 69.0 Å². The van der Waals surface area contributed by atoms with Crippen molar-refractivity contribution in [3.8, 4) is 0 Å². The molecule has 0 aromatic rings. The Kier molecular flexibility index (Phi) is 10.7. The van der Waals surface area contributed by atoms with E-state index in [0.29, 0.717) is 0 Å². The number of nitrogens with zero attached hydrogens (tertiary/aromatic N) is 3. The first-order chi connectivity index (χ1) is 13.9. The third-order valence-corrected chi connectivity index (χ3v) is 6.06. The molecule has 0 saturated carbocycles.